The van der Waals surface area contributed by atoms with Crippen molar-refractivity contribution >= 4 is 35.3 Å². The van der Waals surface area contributed by atoms with E-state index in [1.807, 2.05) is 6.92 Å². The van der Waals surface area contributed by atoms with Gasteiger partial charge in [0.05, 0.1) is 16.2 Å². The quantitative estimate of drug-likeness (QED) is 0.298. The molecule has 31 heavy (non-hydrogen) atoms. The summed E-state index contributed by atoms with van der Waals surface area (Å²) in [4.78, 5) is 49.0. The van der Waals surface area contributed by atoms with Crippen molar-refractivity contribution in [2.24, 2.45) is 0 Å². The topological polar surface area (TPSA) is 123 Å². The summed E-state index contributed by atoms with van der Waals surface area (Å²) in [7, 11) is 0. The molecule has 4 amide bonds. The molecule has 2 heterocycles. The lowest BCUT2D eigenvalue weighted by Crippen LogP contribution is -2.54. The zero-order valence-electron chi connectivity index (χ0n) is 16.2. The minimum Gasteiger partial charge on any atom is -0.456 e. The van der Waals surface area contributed by atoms with E-state index in [-0.39, 0.29) is 28.3 Å². The lowest BCUT2D eigenvalue weighted by atomic mass is 10.1. The average Bonchev–Trinajstić information content (AvgIpc) is 3.21. The van der Waals surface area contributed by atoms with Crippen LogP contribution in [0.4, 0.5) is 16.2 Å². The number of urea groups is 1. The number of nitrogens with zero attached hydrogens (tertiary/aromatic N) is 2. The number of imide groups is 2. The SMILES string of the molecule is Cc1ccc(N2C(=O)NC(=O)/C(=C/c3ccc(-c4ccccc4[N+](=O)[O-])o3)C2=O)cc1. The van der Waals surface area contributed by atoms with Crippen molar-refractivity contribution in [3.05, 3.63) is 87.7 Å². The summed E-state index contributed by atoms with van der Waals surface area (Å²) in [6, 6.07) is 14.8. The Labute approximate surface area is 175 Å². The van der Waals surface area contributed by atoms with Crippen LogP contribution in [0.1, 0.15) is 11.3 Å². The highest BCUT2D eigenvalue weighted by Gasteiger charge is 2.37. The number of furan rings is 1. The minimum absolute atomic E-state index is 0.129. The first-order valence-electron chi connectivity index (χ1n) is 9.17. The van der Waals surface area contributed by atoms with Crippen molar-refractivity contribution in [1.29, 1.82) is 0 Å². The normalized spacial score (nSPS) is 15.3. The van der Waals surface area contributed by atoms with Gasteiger partial charge < -0.3 is 4.42 Å². The van der Waals surface area contributed by atoms with Gasteiger partial charge in [0.25, 0.3) is 17.5 Å². The van der Waals surface area contributed by atoms with E-state index in [0.717, 1.165) is 10.5 Å². The molecule has 1 aliphatic heterocycles. The summed E-state index contributed by atoms with van der Waals surface area (Å²) in [5.74, 6) is -1.33. The fraction of sp³-hybridized carbons (Fsp3) is 0.0455. The number of amides is 4. The summed E-state index contributed by atoms with van der Waals surface area (Å²) in [5.41, 5.74) is 1.07. The fourth-order valence-corrected chi connectivity index (χ4v) is 3.14. The summed E-state index contributed by atoms with van der Waals surface area (Å²) >= 11 is 0. The number of rotatable bonds is 4. The number of hydrogen-bond acceptors (Lipinski definition) is 6. The van der Waals surface area contributed by atoms with Gasteiger partial charge in [0, 0.05) is 6.07 Å². The molecule has 4 rings (SSSR count). The Hall–Kier alpha value is -4.53. The number of anilines is 1. The summed E-state index contributed by atoms with van der Waals surface area (Å²) < 4.78 is 5.63. The number of nitro benzene ring substituents is 1. The maximum Gasteiger partial charge on any atom is 0.335 e. The van der Waals surface area contributed by atoms with E-state index in [1.165, 1.54) is 36.4 Å². The van der Waals surface area contributed by atoms with Gasteiger partial charge in [0.1, 0.15) is 17.1 Å². The summed E-state index contributed by atoms with van der Waals surface area (Å²) in [6.07, 6.45) is 1.20. The molecule has 0 unspecified atom stereocenters. The van der Waals surface area contributed by atoms with E-state index >= 15 is 0 Å². The van der Waals surface area contributed by atoms with Crippen LogP contribution in [0.2, 0.25) is 0 Å². The molecule has 0 spiro atoms. The lowest BCUT2D eigenvalue weighted by Gasteiger charge is -2.26. The third-order valence-electron chi connectivity index (χ3n) is 4.67. The molecule has 1 aromatic heterocycles. The van der Waals surface area contributed by atoms with Gasteiger partial charge in [-0.3, -0.25) is 25.0 Å². The van der Waals surface area contributed by atoms with Crippen LogP contribution in [0, 0.1) is 17.0 Å². The van der Waals surface area contributed by atoms with E-state index in [2.05, 4.69) is 5.32 Å². The van der Waals surface area contributed by atoms with E-state index in [4.69, 9.17) is 4.42 Å². The maximum atomic E-state index is 12.9. The molecular formula is C22H15N3O6. The predicted octanol–water partition coefficient (Wildman–Crippen LogP) is 3.83. The van der Waals surface area contributed by atoms with Crippen molar-refractivity contribution in [3.8, 4) is 11.3 Å². The molecule has 0 aliphatic carbocycles. The minimum atomic E-state index is -0.859. The highest BCUT2D eigenvalue weighted by Crippen LogP contribution is 2.31. The molecule has 9 nitrogen and oxygen atoms in total. The standard InChI is InChI=1S/C22H15N3O6/c1-13-6-8-14(9-7-13)24-21(27)17(20(26)23-22(24)28)12-15-10-11-19(31-15)16-4-2-3-5-18(16)25(29)30/h2-12H,1H3,(H,23,26,28)/b17-12-. The first-order chi connectivity index (χ1) is 14.8. The van der Waals surface area contributed by atoms with E-state index in [0.29, 0.717) is 5.69 Å². The van der Waals surface area contributed by atoms with Crippen molar-refractivity contribution in [1.82, 2.24) is 5.32 Å². The van der Waals surface area contributed by atoms with Crippen LogP contribution < -0.4 is 10.2 Å². The molecular weight excluding hydrogens is 402 g/mol. The second-order valence-corrected chi connectivity index (χ2v) is 6.77. The number of carbonyl (C=O) groups is 3. The summed E-state index contributed by atoms with van der Waals surface area (Å²) in [5, 5.41) is 13.4. The average molecular weight is 417 g/mol. The lowest BCUT2D eigenvalue weighted by molar-refractivity contribution is -0.384. The second-order valence-electron chi connectivity index (χ2n) is 6.77. The summed E-state index contributed by atoms with van der Waals surface area (Å²) in [6.45, 7) is 1.86. The Morgan fingerprint density at radius 1 is 1.00 bits per heavy atom. The molecule has 154 valence electrons. The predicted molar refractivity (Wildman–Crippen MR) is 111 cm³/mol. The van der Waals surface area contributed by atoms with Gasteiger partial charge >= 0.3 is 6.03 Å². The third kappa shape index (κ3) is 3.71. The van der Waals surface area contributed by atoms with Gasteiger partial charge in [-0.1, -0.05) is 29.8 Å². The molecule has 0 bridgehead atoms. The number of para-hydroxylation sites is 1. The third-order valence-corrected chi connectivity index (χ3v) is 4.67. The Kier molecular flexibility index (Phi) is 4.92. The van der Waals surface area contributed by atoms with Crippen LogP contribution in [-0.4, -0.2) is 22.8 Å². The van der Waals surface area contributed by atoms with Crippen molar-refractivity contribution in [2.75, 3.05) is 4.90 Å². The van der Waals surface area contributed by atoms with Crippen molar-refractivity contribution < 1.29 is 23.7 Å². The molecule has 2 aromatic carbocycles. The number of barbiturate groups is 1. The van der Waals surface area contributed by atoms with Gasteiger partial charge in [0.15, 0.2) is 0 Å². The molecule has 9 heteroatoms. The van der Waals surface area contributed by atoms with Crippen LogP contribution in [0.3, 0.4) is 0 Å². The number of hydrogen-bond donors (Lipinski definition) is 1. The Balaban J connectivity index is 1.69. The van der Waals surface area contributed by atoms with Gasteiger partial charge in [-0.15, -0.1) is 0 Å². The Bertz CT molecular complexity index is 1260. The number of nitro groups is 1. The van der Waals surface area contributed by atoms with Gasteiger partial charge in [-0.25, -0.2) is 9.69 Å². The number of aryl methyl sites for hydroxylation is 1. The van der Waals surface area contributed by atoms with Gasteiger partial charge in [-0.05, 0) is 43.3 Å². The maximum absolute atomic E-state index is 12.9. The van der Waals surface area contributed by atoms with Crippen LogP contribution in [0.25, 0.3) is 17.4 Å². The molecule has 0 radical (unpaired) electrons. The van der Waals surface area contributed by atoms with Crippen LogP contribution in [-0.2, 0) is 9.59 Å². The van der Waals surface area contributed by atoms with Crippen LogP contribution in [0.15, 0.2) is 70.7 Å². The second kappa shape index (κ2) is 7.71. The van der Waals surface area contributed by atoms with Crippen LogP contribution >= 0.6 is 0 Å². The molecule has 1 fully saturated rings. The monoisotopic (exact) mass is 417 g/mol. The molecule has 1 N–H and O–H groups in total. The van der Waals surface area contributed by atoms with Crippen molar-refractivity contribution in [3.63, 3.8) is 0 Å². The molecule has 0 saturated carbocycles. The van der Waals surface area contributed by atoms with E-state index < -0.39 is 22.8 Å². The largest absolute Gasteiger partial charge is 0.456 e. The molecule has 1 saturated heterocycles. The zero-order chi connectivity index (χ0) is 22.1. The van der Waals surface area contributed by atoms with Crippen LogP contribution in [0.5, 0.6) is 0 Å². The van der Waals surface area contributed by atoms with Crippen molar-refractivity contribution in [2.45, 2.75) is 6.92 Å². The van der Waals surface area contributed by atoms with E-state index in [1.54, 1.807) is 30.3 Å². The number of carbonyl (C=O) groups excluding carboxylic acids is 3. The first kappa shape index (κ1) is 19.8. The Morgan fingerprint density at radius 2 is 1.71 bits per heavy atom. The fourth-order valence-electron chi connectivity index (χ4n) is 3.14. The molecule has 0 atom stereocenters. The number of nitrogens with one attached hydrogen (secondary N) is 1. The molecule has 1 aliphatic rings. The number of benzene rings is 2. The smallest absolute Gasteiger partial charge is 0.335 e. The zero-order valence-corrected chi connectivity index (χ0v) is 16.2. The highest BCUT2D eigenvalue weighted by molar-refractivity contribution is 6.39. The van der Waals surface area contributed by atoms with Gasteiger partial charge in [-0.2, -0.15) is 0 Å². The first-order valence-corrected chi connectivity index (χ1v) is 9.17. The molecule has 3 aromatic rings. The van der Waals surface area contributed by atoms with Gasteiger partial charge in [0.2, 0.25) is 0 Å². The Morgan fingerprint density at radius 3 is 2.42 bits per heavy atom. The highest BCUT2D eigenvalue weighted by atomic mass is 16.6. The van der Waals surface area contributed by atoms with E-state index in [9.17, 15) is 24.5 Å².